The molecule has 9 heteroatoms. The largest absolute Gasteiger partial charge is 0.457 e. The second kappa shape index (κ2) is 14.9. The summed E-state index contributed by atoms with van der Waals surface area (Å²) in [5.41, 5.74) is 9.36. The molecule has 1 saturated heterocycles. The van der Waals surface area contributed by atoms with E-state index in [0.29, 0.717) is 35.2 Å². The number of carbonyl (C=O) groups is 2. The zero-order valence-electron chi connectivity index (χ0n) is 26.9. The number of amidine groups is 1. The number of hydrogen-bond donors (Lipinski definition) is 1. The van der Waals surface area contributed by atoms with E-state index in [4.69, 9.17) is 15.5 Å². The molecule has 2 fully saturated rings. The van der Waals surface area contributed by atoms with Gasteiger partial charge < -0.3 is 20.3 Å². The molecular formula is C35H46N6O3. The Morgan fingerprint density at radius 1 is 1.00 bits per heavy atom. The molecule has 44 heavy (non-hydrogen) atoms. The zero-order chi connectivity index (χ0) is 31.8. The Bertz CT molecular complexity index is 1420. The lowest BCUT2D eigenvalue weighted by Crippen LogP contribution is -2.47. The first-order chi connectivity index (χ1) is 21.1. The van der Waals surface area contributed by atoms with Crippen LogP contribution in [0.2, 0.25) is 0 Å². The van der Waals surface area contributed by atoms with Gasteiger partial charge in [-0.2, -0.15) is 0 Å². The Balaban J connectivity index is 1.58. The minimum atomic E-state index is -0.178. The number of urea groups is 1. The van der Waals surface area contributed by atoms with Crippen molar-refractivity contribution in [3.63, 3.8) is 0 Å². The van der Waals surface area contributed by atoms with Crippen molar-refractivity contribution in [3.8, 4) is 11.5 Å². The topological polar surface area (TPSA) is 94.7 Å². The van der Waals surface area contributed by atoms with Crippen LogP contribution in [0.5, 0.6) is 11.5 Å². The van der Waals surface area contributed by atoms with Crippen LogP contribution in [-0.4, -0.2) is 72.2 Å². The summed E-state index contributed by atoms with van der Waals surface area (Å²) < 4.78 is 5.97. The number of para-hydroxylation sites is 1. The fraction of sp³-hybridized carbons (Fsp3) is 0.400. The van der Waals surface area contributed by atoms with Crippen molar-refractivity contribution in [1.29, 1.82) is 0 Å². The van der Waals surface area contributed by atoms with Crippen molar-refractivity contribution in [1.82, 2.24) is 14.7 Å². The predicted octanol–water partition coefficient (Wildman–Crippen LogP) is 6.51. The van der Waals surface area contributed by atoms with Crippen LogP contribution in [0.25, 0.3) is 0 Å². The van der Waals surface area contributed by atoms with Crippen LogP contribution >= 0.6 is 0 Å². The average molecular weight is 599 g/mol. The number of aliphatic imine (C=N–C) groups is 1. The molecule has 0 aromatic heterocycles. The Morgan fingerprint density at radius 2 is 1.64 bits per heavy atom. The summed E-state index contributed by atoms with van der Waals surface area (Å²) in [5, 5.41) is 0. The number of hydrogen-bond acceptors (Lipinski definition) is 6. The van der Waals surface area contributed by atoms with Crippen molar-refractivity contribution < 1.29 is 14.3 Å². The highest BCUT2D eigenvalue weighted by Gasteiger charge is 2.45. The molecule has 234 valence electrons. The molecule has 2 N–H and O–H groups in total. The van der Waals surface area contributed by atoms with Crippen LogP contribution in [0.3, 0.4) is 0 Å². The first-order valence-electron chi connectivity index (χ1n) is 15.3. The van der Waals surface area contributed by atoms with Crippen molar-refractivity contribution in [2.24, 2.45) is 10.7 Å². The van der Waals surface area contributed by atoms with Gasteiger partial charge in [0, 0.05) is 43.6 Å². The fourth-order valence-electron chi connectivity index (χ4n) is 5.47. The molecule has 1 aliphatic carbocycles. The number of carbonyl (C=O) groups excluding carboxylic acids is 2. The van der Waals surface area contributed by atoms with Gasteiger partial charge >= 0.3 is 6.03 Å². The molecular weight excluding hydrogens is 552 g/mol. The number of benzene rings is 2. The Morgan fingerprint density at radius 3 is 2.23 bits per heavy atom. The summed E-state index contributed by atoms with van der Waals surface area (Å²) in [7, 11) is 5.81. The lowest BCUT2D eigenvalue weighted by Gasteiger charge is -2.37. The van der Waals surface area contributed by atoms with Crippen molar-refractivity contribution >= 4 is 23.5 Å². The van der Waals surface area contributed by atoms with E-state index < -0.39 is 0 Å². The van der Waals surface area contributed by atoms with Crippen LogP contribution in [0.1, 0.15) is 52.9 Å². The van der Waals surface area contributed by atoms with E-state index in [0.717, 1.165) is 43.4 Å². The number of rotatable bonds is 10. The number of nitrogens with zero attached hydrogens (tertiary/aromatic N) is 5. The highest BCUT2D eigenvalue weighted by atomic mass is 16.5. The molecule has 3 amide bonds. The standard InChI is InChI=1S/C35H46N6O3/c1-7-25(2)24-37-34-33(26(3)36)40(28-19-21-31(22-20-28)44-30-12-9-8-10-13-30)35(43)41(34)29-17-15-27(16-18-29)39(6)32(42)14-11-23-38(4)5/h8-14,19-22,24,27,29H,7,15-18,23,36H2,1-6H3/b14-11+,25-24+,33-26-,37-34+/t27-,29+. The normalized spacial score (nSPS) is 21.5. The quantitative estimate of drug-likeness (QED) is 0.315. The summed E-state index contributed by atoms with van der Waals surface area (Å²) in [6.07, 6.45) is 9.31. The van der Waals surface area contributed by atoms with Crippen LogP contribution in [0.4, 0.5) is 10.5 Å². The Labute approximate surface area is 262 Å². The van der Waals surface area contributed by atoms with E-state index >= 15 is 0 Å². The fourth-order valence-corrected chi connectivity index (χ4v) is 5.47. The van der Waals surface area contributed by atoms with E-state index in [1.165, 1.54) is 0 Å². The first kappa shape index (κ1) is 32.5. The molecule has 1 saturated carbocycles. The van der Waals surface area contributed by atoms with Crippen molar-refractivity contribution in [2.45, 2.75) is 65.0 Å². The number of anilines is 1. The lowest BCUT2D eigenvalue weighted by atomic mass is 9.89. The number of likely N-dealkylation sites (N-methyl/N-ethyl adjacent to an activating group) is 2. The molecule has 0 atom stereocenters. The van der Waals surface area contributed by atoms with E-state index in [-0.39, 0.29) is 24.0 Å². The van der Waals surface area contributed by atoms with E-state index in [9.17, 15) is 9.59 Å². The molecule has 9 nitrogen and oxygen atoms in total. The molecule has 1 aliphatic heterocycles. The highest BCUT2D eigenvalue weighted by molar-refractivity contribution is 6.24. The third kappa shape index (κ3) is 7.77. The highest BCUT2D eigenvalue weighted by Crippen LogP contribution is 2.37. The average Bonchev–Trinajstić information content (AvgIpc) is 3.32. The molecule has 0 spiro atoms. The predicted molar refractivity (Wildman–Crippen MR) is 178 cm³/mol. The number of amides is 3. The minimum absolute atomic E-state index is 0.00446. The van der Waals surface area contributed by atoms with Gasteiger partial charge in [0.15, 0.2) is 5.84 Å². The van der Waals surface area contributed by atoms with Crippen LogP contribution in [0.15, 0.2) is 94.9 Å². The zero-order valence-corrected chi connectivity index (χ0v) is 26.9. The maximum absolute atomic E-state index is 14.3. The second-order valence-corrected chi connectivity index (χ2v) is 11.8. The van der Waals surface area contributed by atoms with Gasteiger partial charge in [-0.15, -0.1) is 0 Å². The van der Waals surface area contributed by atoms with Gasteiger partial charge in [0.05, 0.1) is 5.69 Å². The van der Waals surface area contributed by atoms with Gasteiger partial charge in [0.1, 0.15) is 17.2 Å². The summed E-state index contributed by atoms with van der Waals surface area (Å²) >= 11 is 0. The van der Waals surface area contributed by atoms with E-state index in [2.05, 4.69) is 6.92 Å². The molecule has 4 rings (SSSR count). The van der Waals surface area contributed by atoms with Crippen LogP contribution in [0, 0.1) is 0 Å². The van der Waals surface area contributed by atoms with Crippen molar-refractivity contribution in [3.05, 3.63) is 89.9 Å². The lowest BCUT2D eigenvalue weighted by molar-refractivity contribution is -0.127. The smallest absolute Gasteiger partial charge is 0.335 e. The molecule has 0 bridgehead atoms. The van der Waals surface area contributed by atoms with Crippen LogP contribution < -0.4 is 15.4 Å². The summed E-state index contributed by atoms with van der Waals surface area (Å²) in [5.74, 6) is 1.97. The first-order valence-corrected chi connectivity index (χ1v) is 15.3. The molecule has 2 aromatic carbocycles. The molecule has 2 aromatic rings. The summed E-state index contributed by atoms with van der Waals surface area (Å²) in [6, 6.07) is 16.9. The number of nitrogens with two attached hydrogens (primary N) is 1. The van der Waals surface area contributed by atoms with Crippen molar-refractivity contribution in [2.75, 3.05) is 32.6 Å². The Hall–Kier alpha value is -4.37. The molecule has 1 heterocycles. The van der Waals surface area contributed by atoms with E-state index in [1.54, 1.807) is 17.9 Å². The van der Waals surface area contributed by atoms with Gasteiger partial charge in [-0.05, 0) is 96.4 Å². The summed E-state index contributed by atoms with van der Waals surface area (Å²) in [6.45, 7) is 6.62. The maximum Gasteiger partial charge on any atom is 0.335 e. The Kier molecular flexibility index (Phi) is 11.0. The SMILES string of the molecule is CC/C(C)=C/N=C1\C(=C(/C)N)N(c2ccc(Oc3ccccc3)cc2)C(=O)N1[C@H]1CC[C@@H](N(C)C(=O)/C=C/CN(C)C)CC1. The van der Waals surface area contributed by atoms with Gasteiger partial charge in [0.25, 0.3) is 0 Å². The minimum Gasteiger partial charge on any atom is -0.457 e. The number of ether oxygens (including phenoxy) is 1. The molecule has 0 unspecified atom stereocenters. The van der Waals surface area contributed by atoms with Gasteiger partial charge in [-0.1, -0.05) is 36.8 Å². The third-order valence-corrected chi connectivity index (χ3v) is 8.13. The van der Waals surface area contributed by atoms with E-state index in [1.807, 2.05) is 110 Å². The molecule has 0 radical (unpaired) electrons. The molecule has 2 aliphatic rings. The van der Waals surface area contributed by atoms with Gasteiger partial charge in [0.2, 0.25) is 5.91 Å². The third-order valence-electron chi connectivity index (χ3n) is 8.13. The van der Waals surface area contributed by atoms with Gasteiger partial charge in [-0.25, -0.2) is 9.79 Å². The van der Waals surface area contributed by atoms with Crippen LogP contribution in [-0.2, 0) is 4.79 Å². The monoisotopic (exact) mass is 598 g/mol. The van der Waals surface area contributed by atoms with Gasteiger partial charge in [-0.3, -0.25) is 14.6 Å². The number of allylic oxidation sites excluding steroid dienone is 2. The summed E-state index contributed by atoms with van der Waals surface area (Å²) in [4.78, 5) is 39.2. The maximum atomic E-state index is 14.3. The second-order valence-electron chi connectivity index (χ2n) is 11.8.